The summed E-state index contributed by atoms with van der Waals surface area (Å²) in [5.41, 5.74) is 2.02. The van der Waals surface area contributed by atoms with Crippen LogP contribution in [0.25, 0.3) is 6.08 Å². The summed E-state index contributed by atoms with van der Waals surface area (Å²) in [5, 5.41) is -0.327. The number of para-hydroxylation sites is 1. The first-order valence-corrected chi connectivity index (χ1v) is 14.4. The van der Waals surface area contributed by atoms with Crippen LogP contribution < -0.4 is 18.9 Å². The number of amides is 2. The molecule has 0 aromatic heterocycles. The first kappa shape index (κ1) is 29.6. The van der Waals surface area contributed by atoms with Crippen LogP contribution in [0.15, 0.2) is 76.1 Å². The fourth-order valence-corrected chi connectivity index (χ4v) is 5.37. The third kappa shape index (κ3) is 7.61. The standard InChI is InChI=1S/C31H32BrNO6S/c1-31(2,3)22-10-12-24(13-11-22)38-16-17-39-28-25(32)18-21(19-26(28)36-4)20-27-29(34)33(30(35)40-27)14-15-37-23-8-6-5-7-9-23/h5-13,18-20H,14-17H2,1-4H3/b27-20-. The predicted molar refractivity (Wildman–Crippen MR) is 161 cm³/mol. The first-order chi connectivity index (χ1) is 19.2. The topological polar surface area (TPSA) is 74.3 Å². The van der Waals surface area contributed by atoms with Crippen molar-refractivity contribution in [1.82, 2.24) is 4.90 Å². The van der Waals surface area contributed by atoms with Crippen molar-refractivity contribution in [3.05, 3.63) is 87.2 Å². The van der Waals surface area contributed by atoms with Crippen molar-refractivity contribution >= 4 is 44.9 Å². The molecule has 1 aliphatic rings. The molecule has 1 fully saturated rings. The lowest BCUT2D eigenvalue weighted by Crippen LogP contribution is -2.32. The SMILES string of the molecule is COc1cc(/C=C2\SC(=O)N(CCOc3ccccc3)C2=O)cc(Br)c1OCCOc1ccc(C(C)(C)C)cc1. The van der Waals surface area contributed by atoms with Gasteiger partial charge in [0.1, 0.15) is 31.3 Å². The minimum absolute atomic E-state index is 0.0860. The van der Waals surface area contributed by atoms with Gasteiger partial charge >= 0.3 is 0 Å². The van der Waals surface area contributed by atoms with Gasteiger partial charge in [0.2, 0.25) is 0 Å². The highest BCUT2D eigenvalue weighted by Crippen LogP contribution is 2.39. The molecule has 0 bridgehead atoms. The molecule has 7 nitrogen and oxygen atoms in total. The number of carbonyl (C=O) groups excluding carboxylic acids is 2. The second-order valence-corrected chi connectivity index (χ2v) is 11.8. The zero-order chi connectivity index (χ0) is 28.7. The van der Waals surface area contributed by atoms with E-state index in [1.54, 1.807) is 19.3 Å². The quantitative estimate of drug-likeness (QED) is 0.163. The van der Waals surface area contributed by atoms with Crippen LogP contribution >= 0.6 is 27.7 Å². The molecule has 0 atom stereocenters. The molecule has 0 N–H and O–H groups in total. The van der Waals surface area contributed by atoms with Crippen LogP contribution in [0, 0.1) is 0 Å². The molecule has 0 unspecified atom stereocenters. The molecule has 0 radical (unpaired) electrons. The molecular weight excluding hydrogens is 594 g/mol. The molecule has 1 saturated heterocycles. The van der Waals surface area contributed by atoms with Crippen molar-refractivity contribution < 1.29 is 28.5 Å². The lowest BCUT2D eigenvalue weighted by molar-refractivity contribution is -0.123. The summed E-state index contributed by atoms with van der Waals surface area (Å²) >= 11 is 4.45. The minimum Gasteiger partial charge on any atom is -0.493 e. The minimum atomic E-state index is -0.352. The highest BCUT2D eigenvalue weighted by atomic mass is 79.9. The Morgan fingerprint density at radius 2 is 1.52 bits per heavy atom. The smallest absolute Gasteiger partial charge is 0.293 e. The zero-order valence-corrected chi connectivity index (χ0v) is 25.3. The Hall–Kier alpha value is -3.43. The van der Waals surface area contributed by atoms with Gasteiger partial charge in [-0.2, -0.15) is 0 Å². The van der Waals surface area contributed by atoms with E-state index in [0.29, 0.717) is 45.4 Å². The number of hydrogen-bond acceptors (Lipinski definition) is 7. The van der Waals surface area contributed by atoms with Crippen molar-refractivity contribution in [3.63, 3.8) is 0 Å². The molecule has 210 valence electrons. The van der Waals surface area contributed by atoms with E-state index in [1.807, 2.05) is 48.5 Å². The molecule has 0 saturated carbocycles. The maximum absolute atomic E-state index is 12.9. The number of thioether (sulfide) groups is 1. The van der Waals surface area contributed by atoms with Gasteiger partial charge in [-0.05, 0) is 86.7 Å². The van der Waals surface area contributed by atoms with E-state index in [9.17, 15) is 9.59 Å². The lowest BCUT2D eigenvalue weighted by atomic mass is 9.87. The summed E-state index contributed by atoms with van der Waals surface area (Å²) in [4.78, 5) is 26.9. The second-order valence-electron chi connectivity index (χ2n) is 10.0. The van der Waals surface area contributed by atoms with Gasteiger partial charge in [-0.1, -0.05) is 51.1 Å². The summed E-state index contributed by atoms with van der Waals surface area (Å²) in [5.74, 6) is 2.13. The lowest BCUT2D eigenvalue weighted by Gasteiger charge is -2.19. The van der Waals surface area contributed by atoms with Crippen molar-refractivity contribution in [2.45, 2.75) is 26.2 Å². The Morgan fingerprint density at radius 3 is 2.20 bits per heavy atom. The van der Waals surface area contributed by atoms with Gasteiger partial charge in [-0.3, -0.25) is 14.5 Å². The number of imide groups is 1. The Balaban J connectivity index is 1.34. The Morgan fingerprint density at radius 1 is 0.875 bits per heavy atom. The van der Waals surface area contributed by atoms with Crippen molar-refractivity contribution in [1.29, 1.82) is 0 Å². The van der Waals surface area contributed by atoms with Gasteiger partial charge in [0, 0.05) is 0 Å². The molecular formula is C31H32BrNO6S. The normalized spacial score (nSPS) is 14.5. The van der Waals surface area contributed by atoms with Crippen LogP contribution in [0.2, 0.25) is 0 Å². The summed E-state index contributed by atoms with van der Waals surface area (Å²) in [6.45, 7) is 7.56. The van der Waals surface area contributed by atoms with Gasteiger partial charge in [0.05, 0.1) is 23.0 Å². The summed E-state index contributed by atoms with van der Waals surface area (Å²) in [7, 11) is 1.55. The number of methoxy groups -OCH3 is 1. The Labute approximate surface area is 247 Å². The maximum Gasteiger partial charge on any atom is 0.293 e. The molecule has 3 aromatic carbocycles. The zero-order valence-electron chi connectivity index (χ0n) is 22.9. The number of nitrogens with zero attached hydrogens (tertiary/aromatic N) is 1. The highest BCUT2D eigenvalue weighted by molar-refractivity contribution is 9.10. The third-order valence-corrected chi connectivity index (χ3v) is 7.57. The van der Waals surface area contributed by atoms with E-state index >= 15 is 0 Å². The van der Waals surface area contributed by atoms with E-state index in [2.05, 4.69) is 48.8 Å². The van der Waals surface area contributed by atoms with Gasteiger partial charge in [0.25, 0.3) is 11.1 Å². The molecule has 0 spiro atoms. The summed E-state index contributed by atoms with van der Waals surface area (Å²) in [6, 6.07) is 20.9. The third-order valence-electron chi connectivity index (χ3n) is 6.07. The summed E-state index contributed by atoms with van der Waals surface area (Å²) < 4.78 is 23.6. The number of hydrogen-bond donors (Lipinski definition) is 0. The van der Waals surface area contributed by atoms with Crippen LogP contribution in [0.3, 0.4) is 0 Å². The first-order valence-electron chi connectivity index (χ1n) is 12.8. The Bertz CT molecular complexity index is 1370. The molecule has 2 amide bonds. The number of benzene rings is 3. The van der Waals surface area contributed by atoms with Gasteiger partial charge in [-0.15, -0.1) is 0 Å². The van der Waals surface area contributed by atoms with Crippen LogP contribution in [0.4, 0.5) is 4.79 Å². The van der Waals surface area contributed by atoms with E-state index in [1.165, 1.54) is 10.5 Å². The van der Waals surface area contributed by atoms with Crippen LogP contribution in [0.5, 0.6) is 23.0 Å². The molecule has 40 heavy (non-hydrogen) atoms. The maximum atomic E-state index is 12.9. The molecule has 1 heterocycles. The molecule has 0 aliphatic carbocycles. The van der Waals surface area contributed by atoms with Crippen molar-refractivity contribution in [2.75, 3.05) is 33.5 Å². The number of rotatable bonds is 11. The fourth-order valence-electron chi connectivity index (χ4n) is 3.93. The molecule has 1 aliphatic heterocycles. The van der Waals surface area contributed by atoms with Crippen LogP contribution in [-0.4, -0.2) is 49.5 Å². The summed E-state index contributed by atoms with van der Waals surface area (Å²) in [6.07, 6.45) is 1.67. The second kappa shape index (κ2) is 13.3. The van der Waals surface area contributed by atoms with E-state index in [0.717, 1.165) is 17.5 Å². The molecule has 3 aromatic rings. The van der Waals surface area contributed by atoms with Gasteiger partial charge in [0.15, 0.2) is 11.5 Å². The van der Waals surface area contributed by atoms with Crippen LogP contribution in [-0.2, 0) is 10.2 Å². The molecule has 4 rings (SSSR count). The predicted octanol–water partition coefficient (Wildman–Crippen LogP) is 7.33. The van der Waals surface area contributed by atoms with Crippen molar-refractivity contribution in [2.24, 2.45) is 0 Å². The van der Waals surface area contributed by atoms with E-state index < -0.39 is 0 Å². The van der Waals surface area contributed by atoms with E-state index in [4.69, 9.17) is 18.9 Å². The van der Waals surface area contributed by atoms with E-state index in [-0.39, 0.29) is 29.7 Å². The largest absolute Gasteiger partial charge is 0.493 e. The average molecular weight is 627 g/mol. The number of carbonyl (C=O) groups is 2. The monoisotopic (exact) mass is 625 g/mol. The highest BCUT2D eigenvalue weighted by Gasteiger charge is 2.35. The average Bonchev–Trinajstić information content (AvgIpc) is 3.19. The van der Waals surface area contributed by atoms with Crippen molar-refractivity contribution in [3.8, 4) is 23.0 Å². The Kier molecular flexibility index (Phi) is 9.81. The van der Waals surface area contributed by atoms with Gasteiger partial charge < -0.3 is 18.9 Å². The number of halogens is 1. The molecule has 9 heteroatoms. The van der Waals surface area contributed by atoms with Gasteiger partial charge in [-0.25, -0.2) is 0 Å². The fraction of sp³-hybridized carbons (Fsp3) is 0.290. The van der Waals surface area contributed by atoms with Crippen LogP contribution in [0.1, 0.15) is 31.9 Å². The number of ether oxygens (including phenoxy) is 4.